The van der Waals surface area contributed by atoms with Crippen molar-refractivity contribution < 1.29 is 22.7 Å². The molecule has 0 aliphatic carbocycles. The summed E-state index contributed by atoms with van der Waals surface area (Å²) >= 11 is 0. The van der Waals surface area contributed by atoms with Crippen molar-refractivity contribution in [2.75, 3.05) is 17.7 Å². The number of aromatic nitrogens is 4. The average molecular weight is 496 g/mol. The number of aryl methyl sites for hydroxylation is 1. The van der Waals surface area contributed by atoms with Gasteiger partial charge in [-0.1, -0.05) is 30.3 Å². The van der Waals surface area contributed by atoms with Gasteiger partial charge in [0.15, 0.2) is 11.7 Å². The first-order valence-corrected chi connectivity index (χ1v) is 11.2. The van der Waals surface area contributed by atoms with E-state index in [1.807, 2.05) is 30.3 Å². The second-order valence-corrected chi connectivity index (χ2v) is 8.50. The molecule has 0 bridgehead atoms. The molecule has 2 aromatic carbocycles. The summed E-state index contributed by atoms with van der Waals surface area (Å²) in [7, 11) is 1.50. The lowest BCUT2D eigenvalue weighted by molar-refractivity contribution is -0.173. The first-order chi connectivity index (χ1) is 17.2. The first kappa shape index (κ1) is 23.5. The monoisotopic (exact) mass is 496 g/mol. The molecule has 3 heterocycles. The van der Waals surface area contributed by atoms with Crippen LogP contribution in [0.4, 0.5) is 24.8 Å². The van der Waals surface area contributed by atoms with Gasteiger partial charge in [-0.25, -0.2) is 9.36 Å². The van der Waals surface area contributed by atoms with Crippen LogP contribution in [-0.4, -0.2) is 38.8 Å². The van der Waals surface area contributed by atoms with Crippen LogP contribution < -0.4 is 15.4 Å². The molecule has 0 saturated heterocycles. The Kier molecular flexibility index (Phi) is 5.91. The fraction of sp³-hybridized carbons (Fsp3) is 0.240. The van der Waals surface area contributed by atoms with E-state index in [1.165, 1.54) is 13.2 Å². The third kappa shape index (κ3) is 4.51. The number of hydrogen-bond acceptors (Lipinski definition) is 5. The zero-order valence-electron chi connectivity index (χ0n) is 19.5. The maximum Gasteiger partial charge on any atom is 0.410 e. The Morgan fingerprint density at radius 1 is 1.08 bits per heavy atom. The number of amides is 1. The number of carbonyl (C=O) groups excluding carboxylic acids is 1. The van der Waals surface area contributed by atoms with Gasteiger partial charge in [0.1, 0.15) is 17.4 Å². The highest BCUT2D eigenvalue weighted by atomic mass is 19.4. The van der Waals surface area contributed by atoms with Gasteiger partial charge in [0, 0.05) is 18.6 Å². The van der Waals surface area contributed by atoms with Crippen molar-refractivity contribution in [3.05, 3.63) is 83.7 Å². The Bertz CT molecular complexity index is 1400. The molecule has 2 aromatic heterocycles. The summed E-state index contributed by atoms with van der Waals surface area (Å²) in [6.07, 6.45) is -4.84. The number of ether oxygens (including phenoxy) is 1. The molecule has 0 radical (unpaired) electrons. The zero-order chi connectivity index (χ0) is 25.4. The molecule has 4 aromatic rings. The molecule has 11 heteroatoms. The molecule has 0 spiro atoms. The van der Waals surface area contributed by atoms with E-state index in [0.29, 0.717) is 22.8 Å². The minimum absolute atomic E-state index is 0.106. The molecular weight excluding hydrogens is 473 g/mol. The van der Waals surface area contributed by atoms with Gasteiger partial charge in [0.05, 0.1) is 24.5 Å². The summed E-state index contributed by atoms with van der Waals surface area (Å²) < 4.78 is 49.7. The molecular formula is C25H23F3N6O2. The standard InChI is InChI=1S/C25H23F3N6O2/c1-15-11-22(33(31-15)17-8-4-3-5-9-17)30-24(35)20-14-23-29-19(16-7-6-10-18(12-16)36-2)13-21(25(26,27)28)34(23)32-20/h3-12,14,19,21,29H,13H2,1-2H3,(H,30,35)/t19-,21-/m0/s1. The van der Waals surface area contributed by atoms with Gasteiger partial charge in [0.2, 0.25) is 0 Å². The highest BCUT2D eigenvalue weighted by Gasteiger charge is 2.47. The quantitative estimate of drug-likeness (QED) is 0.392. The van der Waals surface area contributed by atoms with Gasteiger partial charge in [-0.05, 0) is 36.8 Å². The summed E-state index contributed by atoms with van der Waals surface area (Å²) in [6, 6.07) is 16.5. The molecule has 2 atom stereocenters. The average Bonchev–Trinajstić information content (AvgIpc) is 3.46. The van der Waals surface area contributed by atoms with Crippen molar-refractivity contribution in [3.8, 4) is 11.4 Å². The Labute approximate surface area is 204 Å². The third-order valence-corrected chi connectivity index (χ3v) is 5.99. The van der Waals surface area contributed by atoms with E-state index in [0.717, 1.165) is 10.4 Å². The van der Waals surface area contributed by atoms with Gasteiger partial charge in [-0.15, -0.1) is 0 Å². The third-order valence-electron chi connectivity index (χ3n) is 5.99. The van der Waals surface area contributed by atoms with Gasteiger partial charge in [-0.2, -0.15) is 23.4 Å². The fourth-order valence-electron chi connectivity index (χ4n) is 4.30. The largest absolute Gasteiger partial charge is 0.497 e. The van der Waals surface area contributed by atoms with E-state index in [2.05, 4.69) is 20.8 Å². The van der Waals surface area contributed by atoms with Crippen molar-refractivity contribution in [2.24, 2.45) is 0 Å². The summed E-state index contributed by atoms with van der Waals surface area (Å²) in [5, 5.41) is 14.3. The summed E-state index contributed by atoms with van der Waals surface area (Å²) in [5.74, 6) is 0.385. The molecule has 1 amide bonds. The van der Waals surface area contributed by atoms with Crippen molar-refractivity contribution in [1.82, 2.24) is 19.6 Å². The minimum atomic E-state index is -4.56. The number of hydrogen-bond donors (Lipinski definition) is 2. The molecule has 5 rings (SSSR count). The Morgan fingerprint density at radius 2 is 1.86 bits per heavy atom. The number of halogens is 3. The Morgan fingerprint density at radius 3 is 2.58 bits per heavy atom. The lowest BCUT2D eigenvalue weighted by Gasteiger charge is -2.33. The summed E-state index contributed by atoms with van der Waals surface area (Å²) in [4.78, 5) is 13.1. The number of para-hydroxylation sites is 1. The van der Waals surface area contributed by atoms with Gasteiger partial charge in [-0.3, -0.25) is 4.79 Å². The number of nitrogens with one attached hydrogen (secondary N) is 2. The van der Waals surface area contributed by atoms with Gasteiger partial charge < -0.3 is 15.4 Å². The number of benzene rings is 2. The molecule has 186 valence electrons. The van der Waals surface area contributed by atoms with Crippen molar-refractivity contribution in [2.45, 2.75) is 31.6 Å². The minimum Gasteiger partial charge on any atom is -0.497 e. The highest BCUT2D eigenvalue weighted by molar-refractivity contribution is 6.03. The highest BCUT2D eigenvalue weighted by Crippen LogP contribution is 2.44. The zero-order valence-corrected chi connectivity index (χ0v) is 19.5. The summed E-state index contributed by atoms with van der Waals surface area (Å²) in [6.45, 7) is 1.78. The molecule has 36 heavy (non-hydrogen) atoms. The lowest BCUT2D eigenvalue weighted by Crippen LogP contribution is -2.35. The number of alkyl halides is 3. The van der Waals surface area contributed by atoms with E-state index in [4.69, 9.17) is 4.74 Å². The second kappa shape index (κ2) is 9.06. The van der Waals surface area contributed by atoms with E-state index >= 15 is 0 Å². The number of nitrogens with zero attached hydrogens (tertiary/aromatic N) is 4. The Balaban J connectivity index is 1.45. The maximum atomic E-state index is 14.0. The number of fused-ring (bicyclic) bond motifs is 1. The topological polar surface area (TPSA) is 86.0 Å². The normalized spacial score (nSPS) is 17.2. The fourth-order valence-corrected chi connectivity index (χ4v) is 4.30. The second-order valence-electron chi connectivity index (χ2n) is 8.50. The molecule has 1 aliphatic rings. The first-order valence-electron chi connectivity index (χ1n) is 11.2. The van der Waals surface area contributed by atoms with E-state index in [9.17, 15) is 18.0 Å². The van der Waals surface area contributed by atoms with Crippen LogP contribution in [-0.2, 0) is 0 Å². The lowest BCUT2D eigenvalue weighted by atomic mass is 9.97. The van der Waals surface area contributed by atoms with Gasteiger partial charge in [0.25, 0.3) is 5.91 Å². The summed E-state index contributed by atoms with van der Waals surface area (Å²) in [5.41, 5.74) is 1.89. The van der Waals surface area contributed by atoms with Crippen LogP contribution >= 0.6 is 0 Å². The molecule has 0 unspecified atom stereocenters. The molecule has 8 nitrogen and oxygen atoms in total. The van der Waals surface area contributed by atoms with Crippen LogP contribution in [0.25, 0.3) is 5.69 Å². The predicted molar refractivity (Wildman–Crippen MR) is 128 cm³/mol. The number of rotatable bonds is 5. The molecule has 2 N–H and O–H groups in total. The van der Waals surface area contributed by atoms with Crippen molar-refractivity contribution in [3.63, 3.8) is 0 Å². The van der Waals surface area contributed by atoms with Crippen LogP contribution in [0.15, 0.2) is 66.7 Å². The molecule has 1 aliphatic heterocycles. The molecule has 0 saturated carbocycles. The van der Waals surface area contributed by atoms with Crippen LogP contribution in [0.3, 0.4) is 0 Å². The number of anilines is 2. The number of carbonyl (C=O) groups is 1. The number of methoxy groups -OCH3 is 1. The SMILES string of the molecule is COc1cccc([C@@H]2C[C@@H](C(F)(F)F)n3nc(C(=O)Nc4cc(C)nn4-c4ccccc4)cc3N2)c1. The predicted octanol–water partition coefficient (Wildman–Crippen LogP) is 5.30. The van der Waals surface area contributed by atoms with E-state index in [1.54, 1.807) is 41.9 Å². The Hall–Kier alpha value is -4.28. The van der Waals surface area contributed by atoms with Crippen LogP contribution in [0.1, 0.15) is 40.3 Å². The van der Waals surface area contributed by atoms with E-state index < -0.39 is 24.2 Å². The van der Waals surface area contributed by atoms with Crippen LogP contribution in [0, 0.1) is 6.92 Å². The van der Waals surface area contributed by atoms with Crippen molar-refractivity contribution in [1.29, 1.82) is 0 Å². The maximum absolute atomic E-state index is 14.0. The van der Waals surface area contributed by atoms with Crippen LogP contribution in [0.5, 0.6) is 5.75 Å². The van der Waals surface area contributed by atoms with Gasteiger partial charge >= 0.3 is 6.18 Å². The van der Waals surface area contributed by atoms with Crippen molar-refractivity contribution >= 4 is 17.5 Å². The molecule has 0 fully saturated rings. The van der Waals surface area contributed by atoms with Crippen LogP contribution in [0.2, 0.25) is 0 Å². The smallest absolute Gasteiger partial charge is 0.410 e. The van der Waals surface area contributed by atoms with E-state index in [-0.39, 0.29) is 17.9 Å².